The molecule has 1 aromatic rings. The van der Waals surface area contributed by atoms with Gasteiger partial charge in [-0.15, -0.1) is 0 Å². The maximum atomic E-state index is 12.7. The minimum Gasteiger partial charge on any atom is -0.497 e. The minimum absolute atomic E-state index is 0.0475. The smallest absolute Gasteiger partial charge is 0.251 e. The number of ether oxygens (including phenoxy) is 1. The third-order valence-corrected chi connectivity index (χ3v) is 6.68. The summed E-state index contributed by atoms with van der Waals surface area (Å²) in [5, 5.41) is 3.32. The Morgan fingerprint density at radius 1 is 1.04 bits per heavy atom. The van der Waals surface area contributed by atoms with Gasteiger partial charge in [0.25, 0.3) is 5.91 Å². The highest BCUT2D eigenvalue weighted by atomic mass is 16.5. The van der Waals surface area contributed by atoms with Crippen LogP contribution in [0.2, 0.25) is 0 Å². The van der Waals surface area contributed by atoms with Crippen LogP contribution in [-0.2, 0) is 0 Å². The molecule has 136 valence electrons. The van der Waals surface area contributed by atoms with Gasteiger partial charge in [0.15, 0.2) is 0 Å². The Balaban J connectivity index is 1.42. The summed E-state index contributed by atoms with van der Waals surface area (Å²) >= 11 is 0. The lowest BCUT2D eigenvalue weighted by atomic mass is 9.80. The maximum absolute atomic E-state index is 12.7. The molecule has 4 nitrogen and oxygen atoms in total. The van der Waals surface area contributed by atoms with E-state index in [1.807, 2.05) is 29.2 Å². The molecule has 1 aliphatic carbocycles. The summed E-state index contributed by atoms with van der Waals surface area (Å²) in [4.78, 5) is 14.6. The first kappa shape index (κ1) is 16.9. The summed E-state index contributed by atoms with van der Waals surface area (Å²) in [5.41, 5.74) is 0.704. The van der Waals surface area contributed by atoms with Gasteiger partial charge in [-0.25, -0.2) is 0 Å². The van der Waals surface area contributed by atoms with E-state index < -0.39 is 0 Å². The van der Waals surface area contributed by atoms with Crippen molar-refractivity contribution in [2.75, 3.05) is 7.11 Å². The van der Waals surface area contributed by atoms with Crippen LogP contribution in [0.4, 0.5) is 0 Å². The number of amides is 1. The first-order chi connectivity index (χ1) is 12.2. The Labute approximate surface area is 150 Å². The molecule has 2 aliphatic heterocycles. The lowest BCUT2D eigenvalue weighted by molar-refractivity contribution is -0.982. The first-order valence-corrected chi connectivity index (χ1v) is 10.1. The molecule has 2 heterocycles. The molecule has 1 saturated carbocycles. The molecule has 2 atom stereocenters. The van der Waals surface area contributed by atoms with Crippen molar-refractivity contribution in [2.45, 2.75) is 82.0 Å². The Hall–Kier alpha value is -1.55. The van der Waals surface area contributed by atoms with Gasteiger partial charge in [0, 0.05) is 24.4 Å². The van der Waals surface area contributed by atoms with Gasteiger partial charge in [-0.05, 0) is 63.1 Å². The SMILES string of the molecule is COc1cccc(C(=O)NC2C[C@H]3CCC[C@H](C2)[NH+]3C2CCCC2)c1. The van der Waals surface area contributed by atoms with Crippen molar-refractivity contribution in [1.82, 2.24) is 5.32 Å². The molecule has 3 fully saturated rings. The van der Waals surface area contributed by atoms with Crippen LogP contribution in [0.25, 0.3) is 0 Å². The predicted octanol–water partition coefficient (Wildman–Crippen LogP) is 2.34. The number of nitrogens with one attached hydrogen (secondary N) is 2. The van der Waals surface area contributed by atoms with Crippen LogP contribution in [0.5, 0.6) is 5.75 Å². The summed E-state index contributed by atoms with van der Waals surface area (Å²) < 4.78 is 5.24. The highest BCUT2D eigenvalue weighted by Gasteiger charge is 2.46. The summed E-state index contributed by atoms with van der Waals surface area (Å²) in [6.07, 6.45) is 12.0. The standard InChI is InChI=1S/C21H30N2O2/c1-25-20-11-4-6-15(12-20)21(24)22-16-13-18-9-5-10-19(14-16)23(18)17-7-2-3-8-17/h4,6,11-12,16-19H,2-3,5,7-10,13-14H2,1H3,(H,22,24)/p+1/t18-,19-/m1/s1. The molecular weight excluding hydrogens is 312 g/mol. The van der Waals surface area contributed by atoms with Crippen LogP contribution in [0, 0.1) is 0 Å². The van der Waals surface area contributed by atoms with Crippen LogP contribution < -0.4 is 15.0 Å². The van der Waals surface area contributed by atoms with Gasteiger partial charge >= 0.3 is 0 Å². The third-order valence-electron chi connectivity index (χ3n) is 6.68. The molecule has 4 rings (SSSR count). The molecule has 1 amide bonds. The van der Waals surface area contributed by atoms with E-state index in [0.717, 1.165) is 36.7 Å². The zero-order valence-electron chi connectivity index (χ0n) is 15.3. The minimum atomic E-state index is 0.0475. The molecule has 0 radical (unpaired) electrons. The second-order valence-electron chi connectivity index (χ2n) is 8.18. The van der Waals surface area contributed by atoms with Crippen LogP contribution in [-0.4, -0.2) is 37.2 Å². The van der Waals surface area contributed by atoms with Gasteiger partial charge in [0.2, 0.25) is 0 Å². The monoisotopic (exact) mass is 343 g/mol. The van der Waals surface area contributed by atoms with Crippen molar-refractivity contribution in [3.05, 3.63) is 29.8 Å². The number of carbonyl (C=O) groups is 1. The largest absolute Gasteiger partial charge is 0.497 e. The van der Waals surface area contributed by atoms with Gasteiger partial charge in [-0.3, -0.25) is 4.79 Å². The van der Waals surface area contributed by atoms with E-state index in [1.165, 1.54) is 44.9 Å². The summed E-state index contributed by atoms with van der Waals surface area (Å²) in [5.74, 6) is 0.788. The van der Waals surface area contributed by atoms with Gasteiger partial charge in [0.05, 0.1) is 25.2 Å². The van der Waals surface area contributed by atoms with Gasteiger partial charge < -0.3 is 15.0 Å². The van der Waals surface area contributed by atoms with Crippen molar-refractivity contribution < 1.29 is 14.4 Å². The number of methoxy groups -OCH3 is 1. The molecule has 0 spiro atoms. The molecule has 1 aromatic carbocycles. The normalized spacial score (nSPS) is 32.4. The van der Waals surface area contributed by atoms with E-state index in [0.29, 0.717) is 11.6 Å². The Kier molecular flexibility index (Phi) is 4.98. The number of hydrogen-bond acceptors (Lipinski definition) is 2. The summed E-state index contributed by atoms with van der Waals surface area (Å²) in [6, 6.07) is 10.2. The number of benzene rings is 1. The molecule has 25 heavy (non-hydrogen) atoms. The number of hydrogen-bond donors (Lipinski definition) is 2. The van der Waals surface area contributed by atoms with E-state index in [-0.39, 0.29) is 5.91 Å². The van der Waals surface area contributed by atoms with E-state index in [4.69, 9.17) is 4.74 Å². The van der Waals surface area contributed by atoms with E-state index in [1.54, 1.807) is 7.11 Å². The average Bonchev–Trinajstić information content (AvgIpc) is 3.15. The molecule has 2 N–H and O–H groups in total. The van der Waals surface area contributed by atoms with Crippen molar-refractivity contribution in [2.24, 2.45) is 0 Å². The topological polar surface area (TPSA) is 42.8 Å². The molecule has 0 aromatic heterocycles. The second-order valence-corrected chi connectivity index (χ2v) is 8.18. The van der Waals surface area contributed by atoms with Gasteiger partial charge in [-0.1, -0.05) is 6.07 Å². The Bertz CT molecular complexity index is 598. The quantitative estimate of drug-likeness (QED) is 0.881. The Morgan fingerprint density at radius 2 is 1.72 bits per heavy atom. The lowest BCUT2D eigenvalue weighted by Crippen LogP contribution is -3.24. The van der Waals surface area contributed by atoms with Crippen molar-refractivity contribution in [3.8, 4) is 5.75 Å². The van der Waals surface area contributed by atoms with Crippen LogP contribution in [0.1, 0.15) is 68.1 Å². The van der Waals surface area contributed by atoms with Gasteiger partial charge in [-0.2, -0.15) is 0 Å². The molecule has 2 bridgehead atoms. The second kappa shape index (κ2) is 7.36. The fourth-order valence-corrected chi connectivity index (χ4v) is 5.64. The van der Waals surface area contributed by atoms with Crippen molar-refractivity contribution >= 4 is 5.91 Å². The van der Waals surface area contributed by atoms with Gasteiger partial charge in [0.1, 0.15) is 5.75 Å². The van der Waals surface area contributed by atoms with E-state index in [2.05, 4.69) is 5.32 Å². The highest BCUT2D eigenvalue weighted by molar-refractivity contribution is 5.94. The predicted molar refractivity (Wildman–Crippen MR) is 98.1 cm³/mol. The summed E-state index contributed by atoms with van der Waals surface area (Å²) in [7, 11) is 1.64. The zero-order chi connectivity index (χ0) is 17.2. The number of quaternary nitrogens is 1. The third kappa shape index (κ3) is 3.55. The van der Waals surface area contributed by atoms with Crippen LogP contribution >= 0.6 is 0 Å². The average molecular weight is 343 g/mol. The molecule has 3 aliphatic rings. The van der Waals surface area contributed by atoms with Crippen molar-refractivity contribution in [1.29, 1.82) is 0 Å². The van der Waals surface area contributed by atoms with Crippen LogP contribution in [0.15, 0.2) is 24.3 Å². The summed E-state index contributed by atoms with van der Waals surface area (Å²) in [6.45, 7) is 0. The maximum Gasteiger partial charge on any atom is 0.251 e. The molecular formula is C21H31N2O2+. The fraction of sp³-hybridized carbons (Fsp3) is 0.667. The van der Waals surface area contributed by atoms with Crippen LogP contribution in [0.3, 0.4) is 0 Å². The number of carbonyl (C=O) groups excluding carboxylic acids is 1. The molecule has 4 heteroatoms. The number of fused-ring (bicyclic) bond motifs is 2. The Morgan fingerprint density at radius 3 is 2.40 bits per heavy atom. The molecule has 2 saturated heterocycles. The van der Waals surface area contributed by atoms with E-state index in [9.17, 15) is 4.79 Å². The number of rotatable bonds is 4. The molecule has 0 unspecified atom stereocenters. The fourth-order valence-electron chi connectivity index (χ4n) is 5.64. The first-order valence-electron chi connectivity index (χ1n) is 10.1. The van der Waals surface area contributed by atoms with E-state index >= 15 is 0 Å². The number of piperidine rings is 2. The van der Waals surface area contributed by atoms with Crippen molar-refractivity contribution in [3.63, 3.8) is 0 Å². The zero-order valence-corrected chi connectivity index (χ0v) is 15.3. The highest BCUT2D eigenvalue weighted by Crippen LogP contribution is 2.26. The lowest BCUT2D eigenvalue weighted by Gasteiger charge is -2.48.